The van der Waals surface area contributed by atoms with E-state index < -0.39 is 10.0 Å². The third-order valence-electron chi connectivity index (χ3n) is 4.81. The van der Waals surface area contributed by atoms with E-state index in [1.54, 1.807) is 13.8 Å². The van der Waals surface area contributed by atoms with Crippen LogP contribution in [-0.2, 0) is 10.0 Å². The molecule has 0 radical (unpaired) electrons. The summed E-state index contributed by atoms with van der Waals surface area (Å²) < 4.78 is 32.3. The van der Waals surface area contributed by atoms with E-state index in [2.05, 4.69) is 11.2 Å². The second kappa shape index (κ2) is 7.19. The van der Waals surface area contributed by atoms with E-state index in [0.29, 0.717) is 37.6 Å². The first-order valence-electron chi connectivity index (χ1n) is 8.48. The van der Waals surface area contributed by atoms with Crippen LogP contribution in [0.3, 0.4) is 0 Å². The van der Waals surface area contributed by atoms with Gasteiger partial charge in [0.25, 0.3) is 0 Å². The Morgan fingerprint density at radius 2 is 1.81 bits per heavy atom. The third kappa shape index (κ3) is 3.26. The Labute approximate surface area is 153 Å². The number of hydrogen-bond acceptors (Lipinski definition) is 6. The summed E-state index contributed by atoms with van der Waals surface area (Å²) in [6.07, 6.45) is 0. The Balaban J connectivity index is 1.77. The molecule has 1 fully saturated rings. The van der Waals surface area contributed by atoms with Crippen LogP contribution in [0, 0.1) is 32.1 Å². The Morgan fingerprint density at radius 1 is 1.15 bits per heavy atom. The zero-order valence-electron chi connectivity index (χ0n) is 15.1. The molecule has 26 heavy (non-hydrogen) atoms. The number of aryl methyl sites for hydroxylation is 3. The van der Waals surface area contributed by atoms with Crippen LogP contribution in [0.4, 0.5) is 0 Å². The molecule has 1 aliphatic heterocycles. The van der Waals surface area contributed by atoms with Gasteiger partial charge in [-0.15, -0.1) is 0 Å². The maximum atomic E-state index is 12.9. The van der Waals surface area contributed by atoms with Crippen molar-refractivity contribution >= 4 is 10.0 Å². The first-order chi connectivity index (χ1) is 12.4. The van der Waals surface area contributed by atoms with Gasteiger partial charge in [-0.25, -0.2) is 8.42 Å². The minimum absolute atomic E-state index is 0.154. The lowest BCUT2D eigenvalue weighted by Gasteiger charge is -2.36. The predicted octanol–water partition coefficient (Wildman–Crippen LogP) is 2.17. The smallest absolute Gasteiger partial charge is 0.248 e. The van der Waals surface area contributed by atoms with E-state index in [4.69, 9.17) is 4.52 Å². The fourth-order valence-corrected chi connectivity index (χ4v) is 5.13. The second-order valence-corrected chi connectivity index (χ2v) is 8.36. The summed E-state index contributed by atoms with van der Waals surface area (Å²) in [5.41, 5.74) is 2.40. The molecule has 2 heterocycles. The highest BCUT2D eigenvalue weighted by atomic mass is 32.2. The molecule has 0 aliphatic carbocycles. The van der Waals surface area contributed by atoms with Crippen molar-refractivity contribution < 1.29 is 12.9 Å². The van der Waals surface area contributed by atoms with Crippen LogP contribution in [0.25, 0.3) is 0 Å². The Kier molecular flexibility index (Phi) is 5.14. The van der Waals surface area contributed by atoms with E-state index in [1.807, 2.05) is 36.1 Å². The quantitative estimate of drug-likeness (QED) is 0.815. The van der Waals surface area contributed by atoms with Crippen LogP contribution >= 0.6 is 0 Å². The van der Waals surface area contributed by atoms with Crippen LogP contribution in [0.15, 0.2) is 33.7 Å². The highest BCUT2D eigenvalue weighted by molar-refractivity contribution is 7.89. The molecule has 1 aromatic heterocycles. The van der Waals surface area contributed by atoms with E-state index in [0.717, 1.165) is 11.1 Å². The molecule has 1 aromatic carbocycles. The first kappa shape index (κ1) is 18.6. The van der Waals surface area contributed by atoms with Crippen molar-refractivity contribution in [2.24, 2.45) is 0 Å². The number of sulfonamides is 1. The summed E-state index contributed by atoms with van der Waals surface area (Å²) >= 11 is 0. The number of nitrogens with zero attached hydrogens (tertiary/aromatic N) is 4. The molecule has 138 valence electrons. The highest BCUT2D eigenvalue weighted by Crippen LogP contribution is 2.28. The average Bonchev–Trinajstić information content (AvgIpc) is 2.97. The van der Waals surface area contributed by atoms with Crippen LogP contribution in [0.5, 0.6) is 0 Å². The molecular weight excluding hydrogens is 352 g/mol. The van der Waals surface area contributed by atoms with Gasteiger partial charge in [-0.1, -0.05) is 29.4 Å². The number of piperazine rings is 1. The van der Waals surface area contributed by atoms with Crippen molar-refractivity contribution in [3.63, 3.8) is 0 Å². The number of hydrogen-bond donors (Lipinski definition) is 0. The van der Waals surface area contributed by atoms with Gasteiger partial charge in [0, 0.05) is 26.2 Å². The summed E-state index contributed by atoms with van der Waals surface area (Å²) in [6, 6.07) is 9.79. The Bertz CT molecular complexity index is 918. The molecule has 8 heteroatoms. The fourth-order valence-electron chi connectivity index (χ4n) is 3.42. The number of aromatic nitrogens is 1. The van der Waals surface area contributed by atoms with Gasteiger partial charge in [0.1, 0.15) is 16.6 Å². The SMILES string of the molecule is Cc1ccccc1C(C#N)N1CCN(S(=O)(=O)c2c(C)noc2C)CC1. The highest BCUT2D eigenvalue weighted by Gasteiger charge is 2.35. The van der Waals surface area contributed by atoms with Gasteiger partial charge >= 0.3 is 0 Å². The summed E-state index contributed by atoms with van der Waals surface area (Å²) in [5.74, 6) is 0.305. The number of rotatable bonds is 4. The molecule has 1 unspecified atom stereocenters. The third-order valence-corrected chi connectivity index (χ3v) is 6.95. The molecule has 0 bridgehead atoms. The van der Waals surface area contributed by atoms with Gasteiger partial charge in [0.2, 0.25) is 10.0 Å². The van der Waals surface area contributed by atoms with Crippen LogP contribution in [0.1, 0.15) is 28.6 Å². The van der Waals surface area contributed by atoms with Crippen LogP contribution in [0.2, 0.25) is 0 Å². The zero-order valence-corrected chi connectivity index (χ0v) is 16.0. The van der Waals surface area contributed by atoms with Crippen molar-refractivity contribution in [2.75, 3.05) is 26.2 Å². The van der Waals surface area contributed by atoms with Crippen molar-refractivity contribution in [3.8, 4) is 6.07 Å². The monoisotopic (exact) mass is 374 g/mol. The van der Waals surface area contributed by atoms with Crippen LogP contribution in [-0.4, -0.2) is 49.0 Å². The van der Waals surface area contributed by atoms with Crippen LogP contribution < -0.4 is 0 Å². The summed E-state index contributed by atoms with van der Waals surface area (Å²) in [7, 11) is -3.64. The van der Waals surface area contributed by atoms with Gasteiger partial charge in [-0.3, -0.25) is 4.90 Å². The fraction of sp³-hybridized carbons (Fsp3) is 0.444. The standard InChI is InChI=1S/C18H22N4O3S/c1-13-6-4-5-7-16(13)17(12-19)21-8-10-22(11-9-21)26(23,24)18-14(2)20-25-15(18)3/h4-7,17H,8-11H2,1-3H3. The average molecular weight is 374 g/mol. The maximum absolute atomic E-state index is 12.9. The van der Waals surface area contributed by atoms with Gasteiger partial charge in [0.05, 0.1) is 6.07 Å². The Hall–Kier alpha value is -2.21. The van der Waals surface area contributed by atoms with Gasteiger partial charge in [-0.05, 0) is 31.9 Å². The van der Waals surface area contributed by atoms with Crippen molar-refractivity contribution in [3.05, 3.63) is 46.8 Å². The molecule has 0 saturated carbocycles. The molecule has 3 rings (SSSR count). The van der Waals surface area contributed by atoms with Crippen molar-refractivity contribution in [1.82, 2.24) is 14.4 Å². The normalized spacial score (nSPS) is 17.8. The molecule has 0 N–H and O–H groups in total. The molecule has 1 aliphatic rings. The lowest BCUT2D eigenvalue weighted by atomic mass is 10.0. The summed E-state index contributed by atoms with van der Waals surface area (Å²) in [5, 5.41) is 13.4. The van der Waals surface area contributed by atoms with E-state index in [-0.39, 0.29) is 10.9 Å². The molecule has 1 atom stereocenters. The van der Waals surface area contributed by atoms with E-state index >= 15 is 0 Å². The molecule has 2 aromatic rings. The Morgan fingerprint density at radius 3 is 2.35 bits per heavy atom. The van der Waals surface area contributed by atoms with E-state index in [1.165, 1.54) is 4.31 Å². The molecular formula is C18H22N4O3S. The lowest BCUT2D eigenvalue weighted by Crippen LogP contribution is -2.49. The lowest BCUT2D eigenvalue weighted by molar-refractivity contribution is 0.162. The van der Waals surface area contributed by atoms with Crippen molar-refractivity contribution in [1.29, 1.82) is 5.26 Å². The van der Waals surface area contributed by atoms with Gasteiger partial charge in [-0.2, -0.15) is 9.57 Å². The largest absolute Gasteiger partial charge is 0.360 e. The van der Waals surface area contributed by atoms with Gasteiger partial charge < -0.3 is 4.52 Å². The predicted molar refractivity (Wildman–Crippen MR) is 95.8 cm³/mol. The van der Waals surface area contributed by atoms with E-state index in [9.17, 15) is 13.7 Å². The summed E-state index contributed by atoms with van der Waals surface area (Å²) in [4.78, 5) is 2.18. The topological polar surface area (TPSA) is 90.4 Å². The molecule has 1 saturated heterocycles. The molecule has 0 spiro atoms. The molecule has 7 nitrogen and oxygen atoms in total. The summed E-state index contributed by atoms with van der Waals surface area (Å²) in [6.45, 7) is 6.87. The first-order valence-corrected chi connectivity index (χ1v) is 9.92. The maximum Gasteiger partial charge on any atom is 0.248 e. The minimum Gasteiger partial charge on any atom is -0.360 e. The number of nitriles is 1. The zero-order chi connectivity index (χ0) is 18.9. The van der Waals surface area contributed by atoms with Crippen molar-refractivity contribution in [2.45, 2.75) is 31.7 Å². The van der Waals surface area contributed by atoms with Gasteiger partial charge in [0.15, 0.2) is 5.76 Å². The molecule has 0 amide bonds. The second-order valence-electron chi connectivity index (χ2n) is 6.48. The minimum atomic E-state index is -3.64. The number of benzene rings is 1.